The molecular formula is C18H28F5IN4O2. The van der Waals surface area contributed by atoms with Crippen molar-refractivity contribution in [2.24, 2.45) is 4.99 Å². The maximum absolute atomic E-state index is 12.3. The zero-order valence-electron chi connectivity index (χ0n) is 16.8. The van der Waals surface area contributed by atoms with Gasteiger partial charge in [0, 0.05) is 13.1 Å². The van der Waals surface area contributed by atoms with Gasteiger partial charge in [0.2, 0.25) is 0 Å². The lowest BCUT2D eigenvalue weighted by Crippen LogP contribution is -2.39. The number of aliphatic hydroxyl groups excluding tert-OH is 1. The Balaban J connectivity index is 0.00000841. The van der Waals surface area contributed by atoms with E-state index < -0.39 is 25.4 Å². The fraction of sp³-hybridized carbons (Fsp3) is 0.611. The minimum absolute atomic E-state index is 0. The Morgan fingerprint density at radius 2 is 1.83 bits per heavy atom. The highest BCUT2D eigenvalue weighted by Crippen LogP contribution is 2.19. The van der Waals surface area contributed by atoms with E-state index in [1.165, 1.54) is 36.2 Å². The number of aliphatic imine (C=N–C) groups is 1. The summed E-state index contributed by atoms with van der Waals surface area (Å²) in [4.78, 5) is 5.43. The predicted octanol–water partition coefficient (Wildman–Crippen LogP) is 3.38. The molecule has 0 aliphatic heterocycles. The fourth-order valence-corrected chi connectivity index (χ4v) is 2.44. The number of rotatable bonds is 11. The largest absolute Gasteiger partial charge is 0.435 e. The first-order chi connectivity index (χ1) is 13.6. The molecule has 0 fully saturated rings. The Labute approximate surface area is 189 Å². The van der Waals surface area contributed by atoms with Gasteiger partial charge in [-0.15, -0.1) is 24.0 Å². The van der Waals surface area contributed by atoms with Crippen molar-refractivity contribution in [2.45, 2.75) is 32.2 Å². The Kier molecular flexibility index (Phi) is 13.9. The molecule has 1 rings (SSSR count). The van der Waals surface area contributed by atoms with Gasteiger partial charge in [-0.25, -0.2) is 0 Å². The SMILES string of the molecule is CCNC(=NCC(O)c1ccc(OC(F)F)cc1)NCCCN(C)CC(F)(F)F.I. The van der Waals surface area contributed by atoms with Gasteiger partial charge < -0.3 is 20.5 Å². The zero-order valence-corrected chi connectivity index (χ0v) is 19.1. The van der Waals surface area contributed by atoms with Crippen molar-refractivity contribution in [3.63, 3.8) is 0 Å². The first-order valence-corrected chi connectivity index (χ1v) is 9.11. The smallest absolute Gasteiger partial charge is 0.401 e. The highest BCUT2D eigenvalue weighted by molar-refractivity contribution is 14.0. The van der Waals surface area contributed by atoms with Crippen LogP contribution in [0.1, 0.15) is 25.0 Å². The summed E-state index contributed by atoms with van der Waals surface area (Å²) in [7, 11) is 1.40. The summed E-state index contributed by atoms with van der Waals surface area (Å²) in [5.74, 6) is 0.410. The molecule has 0 spiro atoms. The average Bonchev–Trinajstić information content (AvgIpc) is 2.61. The summed E-state index contributed by atoms with van der Waals surface area (Å²) < 4.78 is 65.4. The summed E-state index contributed by atoms with van der Waals surface area (Å²) in [6.07, 6.45) is -4.70. The molecule has 6 nitrogen and oxygen atoms in total. The van der Waals surface area contributed by atoms with E-state index in [1.807, 2.05) is 6.92 Å². The summed E-state index contributed by atoms with van der Waals surface area (Å²) in [6, 6.07) is 5.59. The van der Waals surface area contributed by atoms with Gasteiger partial charge in [0.1, 0.15) is 5.75 Å². The molecule has 0 saturated heterocycles. The Bertz CT molecular complexity index is 618. The minimum Gasteiger partial charge on any atom is -0.435 e. The highest BCUT2D eigenvalue weighted by atomic mass is 127. The van der Waals surface area contributed by atoms with Crippen molar-refractivity contribution in [3.8, 4) is 5.75 Å². The number of aliphatic hydroxyl groups is 1. The third-order valence-electron chi connectivity index (χ3n) is 3.71. The second-order valence-electron chi connectivity index (χ2n) is 6.32. The van der Waals surface area contributed by atoms with Gasteiger partial charge in [-0.2, -0.15) is 22.0 Å². The molecule has 1 aromatic rings. The molecule has 30 heavy (non-hydrogen) atoms. The van der Waals surface area contributed by atoms with E-state index in [1.54, 1.807) is 0 Å². The molecule has 174 valence electrons. The molecule has 0 aromatic heterocycles. The topological polar surface area (TPSA) is 69.1 Å². The average molecular weight is 554 g/mol. The summed E-state index contributed by atoms with van der Waals surface area (Å²) in [5.41, 5.74) is 0.486. The third-order valence-corrected chi connectivity index (χ3v) is 3.71. The molecule has 3 N–H and O–H groups in total. The lowest BCUT2D eigenvalue weighted by atomic mass is 10.1. The van der Waals surface area contributed by atoms with E-state index in [0.717, 1.165) is 0 Å². The predicted molar refractivity (Wildman–Crippen MR) is 116 cm³/mol. The van der Waals surface area contributed by atoms with Crippen LogP contribution in [0.5, 0.6) is 5.75 Å². The summed E-state index contributed by atoms with van der Waals surface area (Å²) >= 11 is 0. The molecule has 0 aliphatic carbocycles. The van der Waals surface area contributed by atoms with Crippen LogP contribution in [0.2, 0.25) is 0 Å². The van der Waals surface area contributed by atoms with Crippen LogP contribution in [-0.2, 0) is 0 Å². The number of hydrogen-bond acceptors (Lipinski definition) is 4. The maximum atomic E-state index is 12.3. The number of nitrogens with one attached hydrogen (secondary N) is 2. The molecule has 0 aliphatic rings. The molecule has 0 bridgehead atoms. The number of nitrogens with zero attached hydrogens (tertiary/aromatic N) is 2. The Hall–Kier alpha value is -1.41. The first-order valence-electron chi connectivity index (χ1n) is 9.11. The van der Waals surface area contributed by atoms with Crippen LogP contribution in [0.3, 0.4) is 0 Å². The van der Waals surface area contributed by atoms with Crippen LogP contribution in [0.15, 0.2) is 29.3 Å². The Morgan fingerprint density at radius 3 is 2.37 bits per heavy atom. The molecule has 12 heteroatoms. The fourth-order valence-electron chi connectivity index (χ4n) is 2.44. The number of benzene rings is 1. The van der Waals surface area contributed by atoms with Crippen molar-refractivity contribution in [3.05, 3.63) is 29.8 Å². The van der Waals surface area contributed by atoms with E-state index >= 15 is 0 Å². The van der Waals surface area contributed by atoms with Crippen molar-refractivity contribution >= 4 is 29.9 Å². The van der Waals surface area contributed by atoms with Crippen molar-refractivity contribution in [1.82, 2.24) is 15.5 Å². The lowest BCUT2D eigenvalue weighted by molar-refractivity contribution is -0.143. The van der Waals surface area contributed by atoms with Crippen LogP contribution in [0, 0.1) is 0 Å². The summed E-state index contributed by atoms with van der Waals surface area (Å²) in [6.45, 7) is -0.780. The molecule has 0 heterocycles. The lowest BCUT2D eigenvalue weighted by Gasteiger charge is -2.19. The number of guanidine groups is 1. The van der Waals surface area contributed by atoms with Gasteiger partial charge in [-0.05, 0) is 44.6 Å². The van der Waals surface area contributed by atoms with Gasteiger partial charge in [0.15, 0.2) is 5.96 Å². The minimum atomic E-state index is -4.22. The summed E-state index contributed by atoms with van der Waals surface area (Å²) in [5, 5.41) is 16.2. The van der Waals surface area contributed by atoms with E-state index in [9.17, 15) is 27.1 Å². The van der Waals surface area contributed by atoms with E-state index in [0.29, 0.717) is 31.0 Å². The van der Waals surface area contributed by atoms with Crippen LogP contribution in [0.25, 0.3) is 0 Å². The third kappa shape index (κ3) is 13.0. The molecule has 1 atom stereocenters. The van der Waals surface area contributed by atoms with Crippen LogP contribution < -0.4 is 15.4 Å². The molecule has 0 amide bonds. The monoisotopic (exact) mass is 554 g/mol. The number of ether oxygens (including phenoxy) is 1. The maximum Gasteiger partial charge on any atom is 0.401 e. The highest BCUT2D eigenvalue weighted by Gasteiger charge is 2.28. The standard InChI is InChI=1S/C18H27F5N4O2.HI/c1-3-24-17(25-9-4-10-27(2)12-18(21,22)23)26-11-15(28)13-5-7-14(8-6-13)29-16(19)20;/h5-8,15-16,28H,3-4,9-12H2,1-2H3,(H2,24,25,26);1H. The second kappa shape index (κ2) is 14.6. The molecule has 0 radical (unpaired) electrons. The van der Waals surface area contributed by atoms with E-state index in [2.05, 4.69) is 20.4 Å². The van der Waals surface area contributed by atoms with Gasteiger partial charge in [0.05, 0.1) is 19.2 Å². The van der Waals surface area contributed by atoms with Gasteiger partial charge >= 0.3 is 12.8 Å². The van der Waals surface area contributed by atoms with Crippen LogP contribution in [0.4, 0.5) is 22.0 Å². The number of alkyl halides is 5. The quantitative estimate of drug-likeness (QED) is 0.129. The van der Waals surface area contributed by atoms with E-state index in [-0.39, 0.29) is 42.8 Å². The van der Waals surface area contributed by atoms with Gasteiger partial charge in [0.25, 0.3) is 0 Å². The zero-order chi connectivity index (χ0) is 21.9. The van der Waals surface area contributed by atoms with Gasteiger partial charge in [-0.1, -0.05) is 12.1 Å². The molecule has 0 saturated carbocycles. The number of hydrogen-bond donors (Lipinski definition) is 3. The normalized spacial score (nSPS) is 13.2. The second-order valence-corrected chi connectivity index (χ2v) is 6.32. The van der Waals surface area contributed by atoms with Crippen molar-refractivity contribution < 1.29 is 31.8 Å². The van der Waals surface area contributed by atoms with Crippen LogP contribution in [-0.4, -0.2) is 68.5 Å². The van der Waals surface area contributed by atoms with Crippen molar-refractivity contribution in [1.29, 1.82) is 0 Å². The molecule has 1 unspecified atom stereocenters. The Morgan fingerprint density at radius 1 is 1.20 bits per heavy atom. The first kappa shape index (κ1) is 28.6. The van der Waals surface area contributed by atoms with Crippen LogP contribution >= 0.6 is 24.0 Å². The van der Waals surface area contributed by atoms with Crippen molar-refractivity contribution in [2.75, 3.05) is 39.8 Å². The molecular weight excluding hydrogens is 526 g/mol. The van der Waals surface area contributed by atoms with Gasteiger partial charge in [-0.3, -0.25) is 9.89 Å². The molecule has 1 aromatic carbocycles. The number of halogens is 6. The van der Waals surface area contributed by atoms with E-state index in [4.69, 9.17) is 0 Å².